The molecular weight excluding hydrogens is 215 g/mol. The van der Waals surface area contributed by atoms with E-state index in [1.807, 2.05) is 24.3 Å². The van der Waals surface area contributed by atoms with Crippen LogP contribution in [0.15, 0.2) is 29.8 Å². The Labute approximate surface area is 95.5 Å². The minimum Gasteiger partial charge on any atom is -0.122 e. The van der Waals surface area contributed by atoms with E-state index < -0.39 is 0 Å². The maximum Gasteiger partial charge on any atom is 0.0439 e. The molecule has 2 heteroatoms. The van der Waals surface area contributed by atoms with Crippen molar-refractivity contribution in [2.45, 2.75) is 20.3 Å². The van der Waals surface area contributed by atoms with E-state index >= 15 is 0 Å². The first-order valence-electron chi connectivity index (χ1n) is 4.69. The molecule has 0 bridgehead atoms. The van der Waals surface area contributed by atoms with E-state index in [2.05, 4.69) is 13.8 Å². The predicted octanol–water partition coefficient (Wildman–Crippen LogP) is 4.76. The zero-order valence-corrected chi connectivity index (χ0v) is 9.99. The summed E-state index contributed by atoms with van der Waals surface area (Å²) in [6.45, 7) is 4.22. The Hall–Kier alpha value is -0.460. The molecule has 0 aromatic heterocycles. The first-order valence-corrected chi connectivity index (χ1v) is 5.60. The molecule has 0 amide bonds. The van der Waals surface area contributed by atoms with Gasteiger partial charge in [0, 0.05) is 10.9 Å². The van der Waals surface area contributed by atoms with Gasteiger partial charge in [0.05, 0.1) is 0 Å². The lowest BCUT2D eigenvalue weighted by Crippen LogP contribution is -1.89. The topological polar surface area (TPSA) is 0 Å². The van der Waals surface area contributed by atoms with Crippen LogP contribution in [0.5, 0.6) is 0 Å². The van der Waals surface area contributed by atoms with Gasteiger partial charge in [-0.1, -0.05) is 36.2 Å². The molecule has 76 valence electrons. The van der Waals surface area contributed by atoms with E-state index in [1.165, 1.54) is 16.7 Å². The average Bonchev–Trinajstić information content (AvgIpc) is 2.20. The Bertz CT molecular complexity index is 317. The molecule has 0 saturated heterocycles. The van der Waals surface area contributed by atoms with Crippen LogP contribution < -0.4 is 0 Å². The first kappa shape index (κ1) is 11.6. The van der Waals surface area contributed by atoms with Crippen molar-refractivity contribution in [2.75, 3.05) is 5.88 Å². The molecule has 1 rings (SSSR count). The number of hydrogen-bond acceptors (Lipinski definition) is 0. The van der Waals surface area contributed by atoms with Gasteiger partial charge in [0.1, 0.15) is 0 Å². The third-order valence-electron chi connectivity index (χ3n) is 2.40. The van der Waals surface area contributed by atoms with Gasteiger partial charge < -0.3 is 0 Å². The van der Waals surface area contributed by atoms with Crippen LogP contribution in [0.25, 0.3) is 5.57 Å². The van der Waals surface area contributed by atoms with Gasteiger partial charge in [-0.2, -0.15) is 0 Å². The third kappa shape index (κ3) is 2.76. The number of halogens is 2. The van der Waals surface area contributed by atoms with Gasteiger partial charge in [-0.05, 0) is 36.6 Å². The Morgan fingerprint density at radius 2 is 1.79 bits per heavy atom. The molecule has 0 atom stereocenters. The molecule has 0 N–H and O–H groups in total. The van der Waals surface area contributed by atoms with Gasteiger partial charge in [-0.25, -0.2) is 0 Å². The summed E-state index contributed by atoms with van der Waals surface area (Å²) >= 11 is 11.7. The highest BCUT2D eigenvalue weighted by molar-refractivity contribution is 6.30. The molecule has 0 fully saturated rings. The SMILES string of the molecule is CCC(CCl)=C(C)c1ccc(Cl)cc1. The van der Waals surface area contributed by atoms with Crippen molar-refractivity contribution in [3.8, 4) is 0 Å². The summed E-state index contributed by atoms with van der Waals surface area (Å²) in [5.41, 5.74) is 3.75. The fourth-order valence-electron chi connectivity index (χ4n) is 1.36. The summed E-state index contributed by atoms with van der Waals surface area (Å²) in [5, 5.41) is 0.769. The molecule has 0 nitrogen and oxygen atoms in total. The number of benzene rings is 1. The highest BCUT2D eigenvalue weighted by Crippen LogP contribution is 2.22. The lowest BCUT2D eigenvalue weighted by atomic mass is 10.0. The molecular formula is C12H14Cl2. The fraction of sp³-hybridized carbons (Fsp3) is 0.333. The molecule has 0 unspecified atom stereocenters. The number of alkyl halides is 1. The molecule has 0 aliphatic rings. The summed E-state index contributed by atoms with van der Waals surface area (Å²) in [4.78, 5) is 0. The lowest BCUT2D eigenvalue weighted by Gasteiger charge is -2.07. The van der Waals surface area contributed by atoms with Crippen LogP contribution in [-0.2, 0) is 0 Å². The van der Waals surface area contributed by atoms with Crippen LogP contribution in [0.2, 0.25) is 5.02 Å². The van der Waals surface area contributed by atoms with Gasteiger partial charge in [0.15, 0.2) is 0 Å². The van der Waals surface area contributed by atoms with E-state index in [0.29, 0.717) is 5.88 Å². The van der Waals surface area contributed by atoms with Gasteiger partial charge in [-0.3, -0.25) is 0 Å². The van der Waals surface area contributed by atoms with Gasteiger partial charge in [0.25, 0.3) is 0 Å². The summed E-state index contributed by atoms with van der Waals surface area (Å²) in [6, 6.07) is 7.86. The number of rotatable bonds is 3. The Kier molecular flexibility index (Phi) is 4.50. The standard InChI is InChI=1S/C12H14Cl2/c1-3-10(8-13)9(2)11-4-6-12(14)7-5-11/h4-7H,3,8H2,1-2H3. The molecule has 14 heavy (non-hydrogen) atoms. The smallest absolute Gasteiger partial charge is 0.0439 e. The van der Waals surface area contributed by atoms with Gasteiger partial charge >= 0.3 is 0 Å². The van der Waals surface area contributed by atoms with Gasteiger partial charge in [0.2, 0.25) is 0 Å². The second-order valence-electron chi connectivity index (χ2n) is 3.22. The second-order valence-corrected chi connectivity index (χ2v) is 3.93. The molecule has 0 aliphatic heterocycles. The Balaban J connectivity index is 3.04. The Morgan fingerprint density at radius 1 is 1.21 bits per heavy atom. The molecule has 0 heterocycles. The van der Waals surface area contributed by atoms with Crippen molar-refractivity contribution in [3.05, 3.63) is 40.4 Å². The van der Waals surface area contributed by atoms with Crippen LogP contribution in [-0.4, -0.2) is 5.88 Å². The molecule has 0 aliphatic carbocycles. The third-order valence-corrected chi connectivity index (χ3v) is 2.97. The molecule has 0 saturated carbocycles. The van der Waals surface area contributed by atoms with Crippen LogP contribution in [0.3, 0.4) is 0 Å². The summed E-state index contributed by atoms with van der Waals surface area (Å²) < 4.78 is 0. The predicted molar refractivity (Wildman–Crippen MR) is 65.1 cm³/mol. The lowest BCUT2D eigenvalue weighted by molar-refractivity contribution is 1.10. The summed E-state index contributed by atoms with van der Waals surface area (Å²) in [7, 11) is 0. The van der Waals surface area contributed by atoms with Crippen LogP contribution >= 0.6 is 23.2 Å². The van der Waals surface area contributed by atoms with E-state index in [4.69, 9.17) is 23.2 Å². The average molecular weight is 229 g/mol. The second kappa shape index (κ2) is 5.43. The largest absolute Gasteiger partial charge is 0.122 e. The number of hydrogen-bond donors (Lipinski definition) is 0. The van der Waals surface area contributed by atoms with Crippen LogP contribution in [0.1, 0.15) is 25.8 Å². The first-order chi connectivity index (χ1) is 6.69. The van der Waals surface area contributed by atoms with E-state index in [-0.39, 0.29) is 0 Å². The van der Waals surface area contributed by atoms with E-state index in [1.54, 1.807) is 0 Å². The maximum absolute atomic E-state index is 5.86. The van der Waals surface area contributed by atoms with Crippen LogP contribution in [0.4, 0.5) is 0 Å². The minimum atomic E-state index is 0.602. The fourth-order valence-corrected chi connectivity index (χ4v) is 1.88. The van der Waals surface area contributed by atoms with Crippen LogP contribution in [0, 0.1) is 0 Å². The van der Waals surface area contributed by atoms with Crippen molar-refractivity contribution >= 4 is 28.8 Å². The molecule has 1 aromatic rings. The zero-order chi connectivity index (χ0) is 10.6. The van der Waals surface area contributed by atoms with Crippen molar-refractivity contribution in [2.24, 2.45) is 0 Å². The zero-order valence-electron chi connectivity index (χ0n) is 8.48. The summed E-state index contributed by atoms with van der Waals surface area (Å²) in [5.74, 6) is 0.602. The quantitative estimate of drug-likeness (QED) is 0.655. The summed E-state index contributed by atoms with van der Waals surface area (Å²) in [6.07, 6.45) is 0.998. The highest BCUT2D eigenvalue weighted by Gasteiger charge is 2.01. The molecule has 0 spiro atoms. The van der Waals surface area contributed by atoms with Crippen molar-refractivity contribution in [3.63, 3.8) is 0 Å². The minimum absolute atomic E-state index is 0.602. The normalized spacial score (nSPS) is 12.6. The highest BCUT2D eigenvalue weighted by atomic mass is 35.5. The Morgan fingerprint density at radius 3 is 2.21 bits per heavy atom. The molecule has 0 radical (unpaired) electrons. The van der Waals surface area contributed by atoms with Crippen molar-refractivity contribution in [1.82, 2.24) is 0 Å². The van der Waals surface area contributed by atoms with E-state index in [0.717, 1.165) is 11.4 Å². The molecule has 1 aromatic carbocycles. The van der Waals surface area contributed by atoms with E-state index in [9.17, 15) is 0 Å². The monoisotopic (exact) mass is 228 g/mol. The maximum atomic E-state index is 5.86. The number of allylic oxidation sites excluding steroid dienone is 2. The van der Waals surface area contributed by atoms with Crippen molar-refractivity contribution < 1.29 is 0 Å². The van der Waals surface area contributed by atoms with Gasteiger partial charge in [-0.15, -0.1) is 11.6 Å². The van der Waals surface area contributed by atoms with Crippen molar-refractivity contribution in [1.29, 1.82) is 0 Å².